The minimum absolute atomic E-state index is 0.130. The Hall–Kier alpha value is -4.59. The molecule has 3 aromatic carbocycles. The summed E-state index contributed by atoms with van der Waals surface area (Å²) in [6.07, 6.45) is 1.66. The third-order valence-corrected chi connectivity index (χ3v) is 5.47. The van der Waals surface area contributed by atoms with E-state index in [9.17, 15) is 9.18 Å². The van der Waals surface area contributed by atoms with Crippen molar-refractivity contribution in [3.8, 4) is 0 Å². The lowest BCUT2D eigenvalue weighted by atomic mass is 10.2. The molecule has 8 heteroatoms. The van der Waals surface area contributed by atoms with Crippen molar-refractivity contribution in [1.82, 2.24) is 20.0 Å². The minimum atomic E-state index is -0.416. The van der Waals surface area contributed by atoms with Gasteiger partial charge in [-0.2, -0.15) is 9.78 Å². The van der Waals surface area contributed by atoms with E-state index in [1.54, 1.807) is 18.3 Å². The molecule has 0 saturated heterocycles. The van der Waals surface area contributed by atoms with E-state index >= 15 is 0 Å². The van der Waals surface area contributed by atoms with E-state index in [1.807, 2.05) is 55.5 Å². The average molecular weight is 452 g/mol. The van der Waals surface area contributed by atoms with E-state index in [0.717, 1.165) is 16.7 Å². The molecule has 3 N–H and O–H groups in total. The number of nitrogens with two attached hydrogens (primary N) is 1. The van der Waals surface area contributed by atoms with E-state index in [-0.39, 0.29) is 23.7 Å². The Morgan fingerprint density at radius 2 is 1.71 bits per heavy atom. The van der Waals surface area contributed by atoms with Gasteiger partial charge in [0.15, 0.2) is 5.65 Å². The van der Waals surface area contributed by atoms with Gasteiger partial charge in [0.1, 0.15) is 22.7 Å². The number of benzene rings is 3. The molecule has 0 fully saturated rings. The second-order valence-corrected chi connectivity index (χ2v) is 7.92. The number of anilines is 1. The maximum Gasteiger partial charge on any atom is 0.257 e. The molecule has 1 amide bonds. The smallest absolute Gasteiger partial charge is 0.257 e. The van der Waals surface area contributed by atoms with Crippen LogP contribution < -0.4 is 11.1 Å². The van der Waals surface area contributed by atoms with Crippen LogP contribution in [0.2, 0.25) is 0 Å². The van der Waals surface area contributed by atoms with Crippen molar-refractivity contribution in [2.45, 2.75) is 13.5 Å². The van der Waals surface area contributed by atoms with Gasteiger partial charge < -0.3 is 11.1 Å². The molecule has 0 atom stereocenters. The van der Waals surface area contributed by atoms with Crippen LogP contribution in [-0.2, 0) is 6.54 Å². The van der Waals surface area contributed by atoms with Crippen molar-refractivity contribution in [3.63, 3.8) is 0 Å². The number of aryl methyl sites for hydroxylation is 1. The molecular formula is C26H21FN6O. The van der Waals surface area contributed by atoms with Crippen LogP contribution in [-0.4, -0.2) is 26.8 Å². The Bertz CT molecular complexity index is 1540. The van der Waals surface area contributed by atoms with Gasteiger partial charge in [0.05, 0.1) is 17.2 Å². The largest absolute Gasteiger partial charge is 0.383 e. The summed E-state index contributed by atoms with van der Waals surface area (Å²) in [7, 11) is 0. The number of amides is 1. The van der Waals surface area contributed by atoms with Crippen LogP contribution in [0.15, 0.2) is 77.9 Å². The molecule has 5 aromatic rings. The Morgan fingerprint density at radius 1 is 1.03 bits per heavy atom. The zero-order valence-corrected chi connectivity index (χ0v) is 18.4. The summed E-state index contributed by atoms with van der Waals surface area (Å²) in [5.41, 5.74) is 11.4. The van der Waals surface area contributed by atoms with Crippen LogP contribution in [0.1, 0.15) is 27.0 Å². The van der Waals surface area contributed by atoms with E-state index in [4.69, 9.17) is 5.73 Å². The van der Waals surface area contributed by atoms with Crippen molar-refractivity contribution < 1.29 is 9.18 Å². The van der Waals surface area contributed by atoms with Crippen molar-refractivity contribution in [1.29, 1.82) is 0 Å². The van der Waals surface area contributed by atoms with Gasteiger partial charge in [-0.3, -0.25) is 4.79 Å². The minimum Gasteiger partial charge on any atom is -0.383 e. The second kappa shape index (κ2) is 8.74. The molecule has 34 heavy (non-hydrogen) atoms. The highest BCUT2D eigenvalue weighted by Gasteiger charge is 2.24. The monoisotopic (exact) mass is 452 g/mol. The fourth-order valence-corrected chi connectivity index (χ4v) is 3.64. The second-order valence-electron chi connectivity index (χ2n) is 7.92. The molecule has 0 radical (unpaired) electrons. The summed E-state index contributed by atoms with van der Waals surface area (Å²) in [5.74, 6) is -0.623. The molecule has 0 spiro atoms. The van der Waals surface area contributed by atoms with Gasteiger partial charge in [0.2, 0.25) is 0 Å². The molecule has 0 aliphatic rings. The van der Waals surface area contributed by atoms with E-state index in [1.165, 1.54) is 16.8 Å². The SMILES string of the molecule is Cc1ccc(C=Nn2c(N)c(C(=O)NCc3ccc(F)cc3)c3nc4ccccc4nc32)cc1. The van der Waals surface area contributed by atoms with Crippen LogP contribution >= 0.6 is 0 Å². The van der Waals surface area contributed by atoms with Gasteiger partial charge in [-0.1, -0.05) is 54.1 Å². The standard InChI is InChI=1S/C26H21FN6O/c1-16-6-8-18(9-7-16)15-30-33-24(28)22(26(34)29-14-17-10-12-19(27)13-11-17)23-25(33)32-21-5-3-2-4-20(21)31-23/h2-13,15H,14,28H2,1H3,(H,29,34). The Morgan fingerprint density at radius 3 is 2.41 bits per heavy atom. The number of hydrogen-bond donors (Lipinski definition) is 2. The first-order valence-corrected chi connectivity index (χ1v) is 10.7. The lowest BCUT2D eigenvalue weighted by Crippen LogP contribution is -2.23. The Balaban J connectivity index is 1.57. The molecular weight excluding hydrogens is 431 g/mol. The number of carbonyl (C=O) groups excluding carboxylic acids is 1. The maximum absolute atomic E-state index is 13.2. The first kappa shape index (κ1) is 21.3. The van der Waals surface area contributed by atoms with Crippen molar-refractivity contribution in [2.24, 2.45) is 5.10 Å². The highest BCUT2D eigenvalue weighted by molar-refractivity contribution is 6.10. The molecule has 7 nitrogen and oxygen atoms in total. The van der Waals surface area contributed by atoms with Gasteiger partial charge >= 0.3 is 0 Å². The molecule has 0 bridgehead atoms. The number of nitrogens with one attached hydrogen (secondary N) is 1. The summed E-state index contributed by atoms with van der Waals surface area (Å²) in [6.45, 7) is 2.22. The number of fused-ring (bicyclic) bond motifs is 2. The molecule has 5 rings (SSSR count). The molecule has 0 unspecified atom stereocenters. The van der Waals surface area contributed by atoms with Crippen molar-refractivity contribution in [2.75, 3.05) is 5.73 Å². The number of halogens is 1. The highest BCUT2D eigenvalue weighted by Crippen LogP contribution is 2.28. The third-order valence-electron chi connectivity index (χ3n) is 5.47. The quantitative estimate of drug-likeness (QED) is 0.386. The molecule has 0 aliphatic carbocycles. The zero-order valence-electron chi connectivity index (χ0n) is 18.4. The van der Waals surface area contributed by atoms with Gasteiger partial charge in [-0.15, -0.1) is 0 Å². The van der Waals surface area contributed by atoms with Crippen LogP contribution in [0.4, 0.5) is 10.2 Å². The number of nitrogens with zero attached hydrogens (tertiary/aromatic N) is 4. The first-order valence-electron chi connectivity index (χ1n) is 10.7. The lowest BCUT2D eigenvalue weighted by molar-refractivity contribution is 0.0953. The summed E-state index contributed by atoms with van der Waals surface area (Å²) in [5, 5.41) is 7.35. The number of para-hydroxylation sites is 2. The van der Waals surface area contributed by atoms with Crippen LogP contribution in [0.3, 0.4) is 0 Å². The lowest BCUT2D eigenvalue weighted by Gasteiger charge is -2.06. The predicted molar refractivity (Wildman–Crippen MR) is 131 cm³/mol. The number of carbonyl (C=O) groups is 1. The van der Waals surface area contributed by atoms with Gasteiger partial charge in [-0.25, -0.2) is 14.4 Å². The predicted octanol–water partition coefficient (Wildman–Crippen LogP) is 4.43. The number of hydrogen-bond acceptors (Lipinski definition) is 5. The molecule has 0 saturated carbocycles. The third kappa shape index (κ3) is 4.09. The first-order chi connectivity index (χ1) is 16.5. The molecule has 168 valence electrons. The fourth-order valence-electron chi connectivity index (χ4n) is 3.64. The summed E-state index contributed by atoms with van der Waals surface area (Å²) < 4.78 is 14.6. The van der Waals surface area contributed by atoms with Crippen LogP contribution in [0.5, 0.6) is 0 Å². The topological polar surface area (TPSA) is 98.2 Å². The van der Waals surface area contributed by atoms with Crippen LogP contribution in [0, 0.1) is 12.7 Å². The Kier molecular flexibility index (Phi) is 5.47. The average Bonchev–Trinajstić information content (AvgIpc) is 3.11. The van der Waals surface area contributed by atoms with E-state index in [0.29, 0.717) is 22.2 Å². The molecule has 2 heterocycles. The van der Waals surface area contributed by atoms with Gasteiger partial charge in [0, 0.05) is 6.54 Å². The van der Waals surface area contributed by atoms with E-state index in [2.05, 4.69) is 20.4 Å². The van der Waals surface area contributed by atoms with Crippen molar-refractivity contribution >= 4 is 40.1 Å². The highest BCUT2D eigenvalue weighted by atomic mass is 19.1. The summed E-state index contributed by atoms with van der Waals surface area (Å²) in [4.78, 5) is 22.5. The zero-order chi connectivity index (χ0) is 23.7. The normalized spacial score (nSPS) is 11.5. The van der Waals surface area contributed by atoms with Gasteiger partial charge in [0.25, 0.3) is 5.91 Å². The molecule has 0 aliphatic heterocycles. The number of rotatable bonds is 5. The van der Waals surface area contributed by atoms with Gasteiger partial charge in [-0.05, 0) is 42.3 Å². The Labute approximate surface area is 194 Å². The summed E-state index contributed by atoms with van der Waals surface area (Å²) in [6, 6.07) is 21.2. The molecule has 2 aromatic heterocycles. The van der Waals surface area contributed by atoms with Crippen LogP contribution in [0.25, 0.3) is 22.2 Å². The number of aromatic nitrogens is 3. The van der Waals surface area contributed by atoms with Crippen molar-refractivity contribution in [3.05, 3.63) is 101 Å². The fraction of sp³-hybridized carbons (Fsp3) is 0.0769. The van der Waals surface area contributed by atoms with E-state index < -0.39 is 5.91 Å². The maximum atomic E-state index is 13.2. The summed E-state index contributed by atoms with van der Waals surface area (Å²) >= 11 is 0. The number of nitrogen functional groups attached to an aromatic ring is 1.